The van der Waals surface area contributed by atoms with Gasteiger partial charge < -0.3 is 14.2 Å². The van der Waals surface area contributed by atoms with E-state index in [1.165, 1.54) is 0 Å². The van der Waals surface area contributed by atoms with Crippen LogP contribution in [0.25, 0.3) is 0 Å². The summed E-state index contributed by atoms with van der Waals surface area (Å²) in [5, 5.41) is 0. The molecule has 0 saturated carbocycles. The van der Waals surface area contributed by atoms with Crippen LogP contribution in [0, 0.1) is 19.8 Å². The minimum atomic E-state index is -0.220. The highest BCUT2D eigenvalue weighted by Gasteiger charge is 2.22. The maximum Gasteiger partial charge on any atom is 0.309 e. The zero-order valence-electron chi connectivity index (χ0n) is 18.0. The van der Waals surface area contributed by atoms with Crippen molar-refractivity contribution in [2.75, 3.05) is 17.4 Å². The van der Waals surface area contributed by atoms with E-state index in [0.717, 1.165) is 34.7 Å². The lowest BCUT2D eigenvalue weighted by molar-refractivity contribution is -0.147. The van der Waals surface area contributed by atoms with Gasteiger partial charge in [0.15, 0.2) is 0 Å². The molecular weight excluding hydrogens is 388 g/mol. The van der Waals surface area contributed by atoms with Gasteiger partial charge in [-0.15, -0.1) is 11.6 Å². The standard InChI is InChI=1S/C23H31ClN2O3/c1-6-25-19(13-18(5)23(28)29-7-2)11-12-20(25)15-26(21(27)14-24)22-16(3)9-8-10-17(22)4/h8-12,18H,6-7,13-15H2,1-5H3. The number of para-hydroxylation sites is 1. The van der Waals surface area contributed by atoms with Gasteiger partial charge in [-0.2, -0.15) is 0 Å². The molecule has 2 rings (SSSR count). The Balaban J connectivity index is 2.34. The lowest BCUT2D eigenvalue weighted by atomic mass is 10.1. The van der Waals surface area contributed by atoms with Crippen LogP contribution in [0.5, 0.6) is 0 Å². The average Bonchev–Trinajstić information content (AvgIpc) is 3.07. The molecule has 1 unspecified atom stereocenters. The normalized spacial score (nSPS) is 11.9. The lowest BCUT2D eigenvalue weighted by Crippen LogP contribution is -2.33. The predicted molar refractivity (Wildman–Crippen MR) is 117 cm³/mol. The van der Waals surface area contributed by atoms with E-state index in [2.05, 4.69) is 11.5 Å². The number of alkyl halides is 1. The Labute approximate surface area is 178 Å². The number of aromatic nitrogens is 1. The van der Waals surface area contributed by atoms with Crippen molar-refractivity contribution in [1.82, 2.24) is 4.57 Å². The summed E-state index contributed by atoms with van der Waals surface area (Å²) in [5.41, 5.74) is 5.05. The second-order valence-electron chi connectivity index (χ2n) is 7.27. The lowest BCUT2D eigenvalue weighted by Gasteiger charge is -2.26. The molecule has 5 nitrogen and oxygen atoms in total. The summed E-state index contributed by atoms with van der Waals surface area (Å²) in [7, 11) is 0. The highest BCUT2D eigenvalue weighted by atomic mass is 35.5. The topological polar surface area (TPSA) is 51.5 Å². The van der Waals surface area contributed by atoms with Crippen LogP contribution in [-0.2, 0) is 33.8 Å². The molecule has 158 valence electrons. The van der Waals surface area contributed by atoms with Gasteiger partial charge in [-0.05, 0) is 51.0 Å². The molecular formula is C23H31ClN2O3. The van der Waals surface area contributed by atoms with E-state index < -0.39 is 0 Å². The van der Waals surface area contributed by atoms with Crippen molar-refractivity contribution < 1.29 is 14.3 Å². The summed E-state index contributed by atoms with van der Waals surface area (Å²) < 4.78 is 7.30. The van der Waals surface area contributed by atoms with E-state index in [4.69, 9.17) is 16.3 Å². The fourth-order valence-corrected chi connectivity index (χ4v) is 3.86. The molecule has 0 radical (unpaired) electrons. The van der Waals surface area contributed by atoms with Crippen molar-refractivity contribution >= 4 is 29.2 Å². The van der Waals surface area contributed by atoms with E-state index in [9.17, 15) is 9.59 Å². The van der Waals surface area contributed by atoms with Crippen LogP contribution in [-0.4, -0.2) is 28.9 Å². The third kappa shape index (κ3) is 5.41. The predicted octanol–water partition coefficient (Wildman–Crippen LogP) is 4.64. The Hall–Kier alpha value is -2.27. The molecule has 2 aromatic rings. The summed E-state index contributed by atoms with van der Waals surface area (Å²) in [5.74, 6) is -0.614. The first-order valence-corrected chi connectivity index (χ1v) is 10.6. The van der Waals surface area contributed by atoms with Gasteiger partial charge in [0.2, 0.25) is 5.91 Å². The van der Waals surface area contributed by atoms with Crippen molar-refractivity contribution in [1.29, 1.82) is 0 Å². The summed E-state index contributed by atoms with van der Waals surface area (Å²) >= 11 is 5.93. The van der Waals surface area contributed by atoms with Gasteiger partial charge in [-0.3, -0.25) is 9.59 Å². The first-order valence-electron chi connectivity index (χ1n) is 10.1. The number of aryl methyl sites for hydroxylation is 2. The number of rotatable bonds is 9. The highest BCUT2D eigenvalue weighted by molar-refractivity contribution is 6.29. The molecule has 0 aliphatic rings. The fourth-order valence-electron chi connectivity index (χ4n) is 3.72. The van der Waals surface area contributed by atoms with E-state index in [1.807, 2.05) is 58.0 Å². The number of benzene rings is 1. The van der Waals surface area contributed by atoms with Gasteiger partial charge in [-0.1, -0.05) is 25.1 Å². The Morgan fingerprint density at radius 2 is 1.72 bits per heavy atom. The number of esters is 1. The fraction of sp³-hybridized carbons (Fsp3) is 0.478. The summed E-state index contributed by atoms with van der Waals surface area (Å²) in [4.78, 5) is 26.5. The van der Waals surface area contributed by atoms with E-state index in [-0.39, 0.29) is 23.7 Å². The molecule has 0 N–H and O–H groups in total. The minimum absolute atomic E-state index is 0.0760. The maximum atomic E-state index is 12.7. The zero-order chi connectivity index (χ0) is 21.6. The van der Waals surface area contributed by atoms with Crippen molar-refractivity contribution in [3.8, 4) is 0 Å². The van der Waals surface area contributed by atoms with Crippen LogP contribution in [0.2, 0.25) is 0 Å². The van der Waals surface area contributed by atoms with Crippen molar-refractivity contribution in [3.63, 3.8) is 0 Å². The van der Waals surface area contributed by atoms with Crippen molar-refractivity contribution in [2.24, 2.45) is 5.92 Å². The van der Waals surface area contributed by atoms with Crippen LogP contribution in [0.1, 0.15) is 43.3 Å². The molecule has 1 amide bonds. The molecule has 6 heteroatoms. The highest BCUT2D eigenvalue weighted by Crippen LogP contribution is 2.27. The number of ether oxygens (including phenoxy) is 1. The van der Waals surface area contributed by atoms with Crippen LogP contribution in [0.15, 0.2) is 30.3 Å². The van der Waals surface area contributed by atoms with Gasteiger partial charge >= 0.3 is 5.97 Å². The van der Waals surface area contributed by atoms with Crippen LogP contribution in [0.3, 0.4) is 0 Å². The molecule has 0 aliphatic carbocycles. The van der Waals surface area contributed by atoms with Crippen LogP contribution < -0.4 is 4.90 Å². The molecule has 0 bridgehead atoms. The molecule has 1 aromatic heterocycles. The largest absolute Gasteiger partial charge is 0.466 e. The van der Waals surface area contributed by atoms with Gasteiger partial charge in [0, 0.05) is 30.0 Å². The number of nitrogens with zero attached hydrogens (tertiary/aromatic N) is 2. The van der Waals surface area contributed by atoms with Crippen molar-refractivity contribution in [2.45, 2.75) is 54.1 Å². The number of hydrogen-bond donors (Lipinski definition) is 0. The number of carbonyl (C=O) groups excluding carboxylic acids is 2. The Kier molecular flexibility index (Phi) is 8.32. The maximum absolute atomic E-state index is 12.7. The minimum Gasteiger partial charge on any atom is -0.466 e. The monoisotopic (exact) mass is 418 g/mol. The second kappa shape index (κ2) is 10.5. The first-order chi connectivity index (χ1) is 13.8. The van der Waals surface area contributed by atoms with Crippen LogP contribution >= 0.6 is 11.6 Å². The summed E-state index contributed by atoms with van der Waals surface area (Å²) in [6.07, 6.45) is 0.597. The Morgan fingerprint density at radius 1 is 1.10 bits per heavy atom. The van der Waals surface area contributed by atoms with Gasteiger partial charge in [0.05, 0.1) is 19.1 Å². The number of amides is 1. The SMILES string of the molecule is CCOC(=O)C(C)Cc1ccc(CN(C(=O)CCl)c2c(C)cccc2C)n1CC. The molecule has 1 atom stereocenters. The third-order valence-electron chi connectivity index (χ3n) is 5.13. The van der Waals surface area contributed by atoms with Gasteiger partial charge in [0.1, 0.15) is 5.88 Å². The Bertz CT molecular complexity index is 840. The number of halogens is 1. The number of anilines is 1. The average molecular weight is 419 g/mol. The molecule has 0 saturated heterocycles. The summed E-state index contributed by atoms with van der Waals surface area (Å²) in [6, 6.07) is 10.0. The molecule has 0 spiro atoms. The van der Waals surface area contributed by atoms with Gasteiger partial charge in [-0.25, -0.2) is 0 Å². The summed E-state index contributed by atoms with van der Waals surface area (Å²) in [6.45, 7) is 11.3. The molecule has 0 fully saturated rings. The zero-order valence-corrected chi connectivity index (χ0v) is 18.8. The second-order valence-corrected chi connectivity index (χ2v) is 7.54. The van der Waals surface area contributed by atoms with Gasteiger partial charge in [0.25, 0.3) is 0 Å². The third-order valence-corrected chi connectivity index (χ3v) is 5.36. The number of hydrogen-bond acceptors (Lipinski definition) is 3. The molecule has 1 heterocycles. The first kappa shape index (κ1) is 23.0. The molecule has 0 aliphatic heterocycles. The van der Waals surface area contributed by atoms with E-state index >= 15 is 0 Å². The Morgan fingerprint density at radius 3 is 2.28 bits per heavy atom. The van der Waals surface area contributed by atoms with E-state index in [0.29, 0.717) is 19.6 Å². The molecule has 29 heavy (non-hydrogen) atoms. The quantitative estimate of drug-likeness (QED) is 0.440. The number of carbonyl (C=O) groups is 2. The van der Waals surface area contributed by atoms with Crippen LogP contribution in [0.4, 0.5) is 5.69 Å². The smallest absolute Gasteiger partial charge is 0.309 e. The molecule has 1 aromatic carbocycles. The van der Waals surface area contributed by atoms with Crippen molar-refractivity contribution in [3.05, 3.63) is 52.8 Å². The van der Waals surface area contributed by atoms with E-state index in [1.54, 1.807) is 4.90 Å².